The highest BCUT2D eigenvalue weighted by atomic mass is 35.5. The molecular weight excluding hydrogens is 333 g/mol. The van der Waals surface area contributed by atoms with Crippen LogP contribution in [0.15, 0.2) is 61.2 Å². The van der Waals surface area contributed by atoms with Crippen molar-refractivity contribution in [3.63, 3.8) is 0 Å². The summed E-state index contributed by atoms with van der Waals surface area (Å²) in [6.45, 7) is 0.714. The van der Waals surface area contributed by atoms with Gasteiger partial charge in [-0.3, -0.25) is 4.79 Å². The molecule has 3 rings (SSSR count). The molecule has 6 heteroatoms. The third-order valence-corrected chi connectivity index (χ3v) is 3.70. The van der Waals surface area contributed by atoms with Crippen LogP contribution in [-0.2, 0) is 6.54 Å². The molecule has 0 fully saturated rings. The van der Waals surface area contributed by atoms with Gasteiger partial charge in [0.1, 0.15) is 0 Å². The van der Waals surface area contributed by atoms with E-state index < -0.39 is 0 Å². The molecule has 23 heavy (non-hydrogen) atoms. The van der Waals surface area contributed by atoms with Crippen molar-refractivity contribution in [1.29, 1.82) is 0 Å². The molecule has 0 aliphatic carbocycles. The molecule has 0 spiro atoms. The Balaban J connectivity index is 1.70. The first-order chi connectivity index (χ1) is 11.1. The van der Waals surface area contributed by atoms with Crippen molar-refractivity contribution in [3.05, 3.63) is 82.4 Å². The molecule has 3 aromatic rings. The molecule has 116 valence electrons. The largest absolute Gasteiger partial charge is 0.333 e. The molecule has 0 aliphatic heterocycles. The number of carbonyl (C=O) groups is 1. The van der Waals surface area contributed by atoms with Crippen LogP contribution >= 0.6 is 23.2 Å². The van der Waals surface area contributed by atoms with E-state index >= 15 is 0 Å². The average Bonchev–Trinajstić information content (AvgIpc) is 3.00. The van der Waals surface area contributed by atoms with Crippen LogP contribution in [-0.4, -0.2) is 15.5 Å². The van der Waals surface area contributed by atoms with Crippen molar-refractivity contribution in [2.75, 3.05) is 5.32 Å². The van der Waals surface area contributed by atoms with Crippen LogP contribution in [0, 0.1) is 0 Å². The smallest absolute Gasteiger partial charge is 0.255 e. The van der Waals surface area contributed by atoms with Gasteiger partial charge in [-0.25, -0.2) is 4.98 Å². The van der Waals surface area contributed by atoms with Crippen molar-refractivity contribution in [2.45, 2.75) is 6.54 Å². The standard InChI is InChI=1S/C17H13Cl2N3O/c18-14-7-15(19)9-16(8-14)21-17(23)13-3-1-12(2-4-13)10-22-6-5-20-11-22/h1-9,11H,10H2,(H,21,23). The van der Waals surface area contributed by atoms with Crippen LogP contribution < -0.4 is 5.32 Å². The number of carbonyl (C=O) groups excluding carboxylic acids is 1. The summed E-state index contributed by atoms with van der Waals surface area (Å²) >= 11 is 11.8. The van der Waals surface area contributed by atoms with Gasteiger partial charge < -0.3 is 9.88 Å². The van der Waals surface area contributed by atoms with Crippen LogP contribution in [0.2, 0.25) is 10.0 Å². The van der Waals surface area contributed by atoms with E-state index in [4.69, 9.17) is 23.2 Å². The summed E-state index contributed by atoms with van der Waals surface area (Å²) in [5.74, 6) is -0.211. The summed E-state index contributed by atoms with van der Waals surface area (Å²) in [5, 5.41) is 3.73. The Kier molecular flexibility index (Phi) is 4.65. The van der Waals surface area contributed by atoms with Crippen molar-refractivity contribution in [2.24, 2.45) is 0 Å². The van der Waals surface area contributed by atoms with E-state index in [9.17, 15) is 4.79 Å². The zero-order valence-electron chi connectivity index (χ0n) is 12.0. The van der Waals surface area contributed by atoms with E-state index in [0.717, 1.165) is 5.56 Å². The highest BCUT2D eigenvalue weighted by Gasteiger charge is 2.07. The topological polar surface area (TPSA) is 46.9 Å². The fourth-order valence-electron chi connectivity index (χ4n) is 2.18. The molecule has 0 bridgehead atoms. The predicted molar refractivity (Wildman–Crippen MR) is 92.2 cm³/mol. The van der Waals surface area contributed by atoms with Gasteiger partial charge in [-0.2, -0.15) is 0 Å². The number of amides is 1. The van der Waals surface area contributed by atoms with Gasteiger partial charge in [0, 0.05) is 40.2 Å². The highest BCUT2D eigenvalue weighted by Crippen LogP contribution is 2.23. The summed E-state index contributed by atoms with van der Waals surface area (Å²) in [4.78, 5) is 16.3. The molecule has 0 saturated carbocycles. The summed E-state index contributed by atoms with van der Waals surface area (Å²) in [5.41, 5.74) is 2.22. The second-order valence-electron chi connectivity index (χ2n) is 5.04. The first-order valence-electron chi connectivity index (χ1n) is 6.92. The maximum Gasteiger partial charge on any atom is 0.255 e. The van der Waals surface area contributed by atoms with Gasteiger partial charge in [-0.1, -0.05) is 35.3 Å². The van der Waals surface area contributed by atoms with Gasteiger partial charge >= 0.3 is 0 Å². The molecule has 0 aliphatic rings. The Bertz CT molecular complexity index is 794. The lowest BCUT2D eigenvalue weighted by Gasteiger charge is -2.08. The summed E-state index contributed by atoms with van der Waals surface area (Å²) in [7, 11) is 0. The number of halogens is 2. The number of aromatic nitrogens is 2. The van der Waals surface area contributed by atoms with Crippen molar-refractivity contribution >= 4 is 34.8 Å². The van der Waals surface area contributed by atoms with E-state index in [-0.39, 0.29) is 5.91 Å². The number of benzene rings is 2. The second-order valence-corrected chi connectivity index (χ2v) is 5.92. The Morgan fingerprint density at radius 1 is 1.09 bits per heavy atom. The zero-order valence-corrected chi connectivity index (χ0v) is 13.6. The normalized spacial score (nSPS) is 10.5. The van der Waals surface area contributed by atoms with Crippen molar-refractivity contribution in [1.82, 2.24) is 9.55 Å². The number of imidazole rings is 1. The lowest BCUT2D eigenvalue weighted by Crippen LogP contribution is -2.12. The van der Waals surface area contributed by atoms with Gasteiger partial charge in [-0.15, -0.1) is 0 Å². The van der Waals surface area contributed by atoms with Crippen molar-refractivity contribution in [3.8, 4) is 0 Å². The summed E-state index contributed by atoms with van der Waals surface area (Å²) in [6.07, 6.45) is 5.38. The maximum atomic E-state index is 12.3. The molecule has 4 nitrogen and oxygen atoms in total. The number of hydrogen-bond donors (Lipinski definition) is 1. The minimum Gasteiger partial charge on any atom is -0.333 e. The highest BCUT2D eigenvalue weighted by molar-refractivity contribution is 6.35. The number of rotatable bonds is 4. The van der Waals surface area contributed by atoms with Gasteiger partial charge in [0.25, 0.3) is 5.91 Å². The Morgan fingerprint density at radius 3 is 2.39 bits per heavy atom. The Labute approximate surface area is 143 Å². The fraction of sp³-hybridized carbons (Fsp3) is 0.0588. The van der Waals surface area contributed by atoms with E-state index in [1.54, 1.807) is 42.9 Å². The van der Waals surface area contributed by atoms with Crippen LogP contribution in [0.25, 0.3) is 0 Å². The number of anilines is 1. The molecule has 1 heterocycles. The Morgan fingerprint density at radius 2 is 1.78 bits per heavy atom. The molecular formula is C17H13Cl2N3O. The second kappa shape index (κ2) is 6.86. The minimum atomic E-state index is -0.211. The third kappa shape index (κ3) is 4.12. The summed E-state index contributed by atoms with van der Waals surface area (Å²) < 4.78 is 1.96. The van der Waals surface area contributed by atoms with E-state index in [2.05, 4.69) is 10.3 Å². The number of hydrogen-bond acceptors (Lipinski definition) is 2. The Hall–Kier alpha value is -2.30. The zero-order chi connectivity index (χ0) is 16.2. The minimum absolute atomic E-state index is 0.211. The monoisotopic (exact) mass is 345 g/mol. The summed E-state index contributed by atoms with van der Waals surface area (Å²) in [6, 6.07) is 12.3. The maximum absolute atomic E-state index is 12.3. The quantitative estimate of drug-likeness (QED) is 0.757. The van der Waals surface area contributed by atoms with Gasteiger partial charge in [0.15, 0.2) is 0 Å². The molecule has 2 aromatic carbocycles. The molecule has 0 atom stereocenters. The molecule has 1 N–H and O–H groups in total. The molecule has 1 amide bonds. The lowest BCUT2D eigenvalue weighted by molar-refractivity contribution is 0.102. The van der Waals surface area contributed by atoms with Crippen LogP contribution in [0.1, 0.15) is 15.9 Å². The van der Waals surface area contributed by atoms with E-state index in [0.29, 0.717) is 27.8 Å². The first kappa shape index (κ1) is 15.6. The van der Waals surface area contributed by atoms with Crippen molar-refractivity contribution < 1.29 is 4.79 Å². The fourth-order valence-corrected chi connectivity index (χ4v) is 2.71. The van der Waals surface area contributed by atoms with Gasteiger partial charge in [0.2, 0.25) is 0 Å². The average molecular weight is 346 g/mol. The lowest BCUT2D eigenvalue weighted by atomic mass is 10.1. The predicted octanol–water partition coefficient (Wildman–Crippen LogP) is 4.49. The molecule has 0 saturated heterocycles. The van der Waals surface area contributed by atoms with Gasteiger partial charge in [0.05, 0.1) is 6.33 Å². The number of nitrogens with zero attached hydrogens (tertiary/aromatic N) is 2. The number of nitrogens with one attached hydrogen (secondary N) is 1. The van der Waals surface area contributed by atoms with Crippen LogP contribution in [0.4, 0.5) is 5.69 Å². The molecule has 1 aromatic heterocycles. The van der Waals surface area contributed by atoms with E-state index in [1.165, 1.54) is 0 Å². The molecule has 0 unspecified atom stereocenters. The van der Waals surface area contributed by atoms with Crippen LogP contribution in [0.3, 0.4) is 0 Å². The molecule has 0 radical (unpaired) electrons. The van der Waals surface area contributed by atoms with E-state index in [1.807, 2.05) is 22.9 Å². The van der Waals surface area contributed by atoms with Gasteiger partial charge in [-0.05, 0) is 35.9 Å². The SMILES string of the molecule is O=C(Nc1cc(Cl)cc(Cl)c1)c1ccc(Cn2ccnc2)cc1. The third-order valence-electron chi connectivity index (χ3n) is 3.26. The van der Waals surface area contributed by atoms with Crippen LogP contribution in [0.5, 0.6) is 0 Å². The first-order valence-corrected chi connectivity index (χ1v) is 7.68.